The highest BCUT2D eigenvalue weighted by Gasteiger charge is 2.15. The van der Waals surface area contributed by atoms with E-state index in [1.807, 2.05) is 62.1 Å². The van der Waals surface area contributed by atoms with Gasteiger partial charge in [-0.3, -0.25) is 9.59 Å². The number of nitrogens with zero attached hydrogens (tertiary/aromatic N) is 1. The van der Waals surface area contributed by atoms with Crippen LogP contribution in [0.15, 0.2) is 42.5 Å². The molecule has 0 aliphatic rings. The number of nitrogens with one attached hydrogen (secondary N) is 1. The zero-order chi connectivity index (χ0) is 17.7. The Labute approximate surface area is 143 Å². The quantitative estimate of drug-likeness (QED) is 0.908. The second-order valence-electron chi connectivity index (χ2n) is 6.04. The van der Waals surface area contributed by atoms with Gasteiger partial charge in [-0.15, -0.1) is 0 Å². The fourth-order valence-corrected chi connectivity index (χ4v) is 2.79. The molecule has 0 aromatic heterocycles. The van der Waals surface area contributed by atoms with Crippen LogP contribution in [-0.2, 0) is 16.0 Å². The molecule has 2 amide bonds. The third-order valence-electron chi connectivity index (χ3n) is 3.77. The smallest absolute Gasteiger partial charge is 0.231 e. The van der Waals surface area contributed by atoms with Crippen LogP contribution in [0.25, 0.3) is 0 Å². The van der Waals surface area contributed by atoms with Gasteiger partial charge in [0.1, 0.15) is 0 Å². The standard InChI is InChI=1S/C20H24N2O2/c1-5-22(19-11-14(2)10-15(3)12-19)20(24)13-17-6-8-18(9-7-17)21-16(4)23/h6-12H,5,13H2,1-4H3,(H,21,23). The van der Waals surface area contributed by atoms with Crippen LogP contribution in [0.1, 0.15) is 30.5 Å². The average Bonchev–Trinajstić information content (AvgIpc) is 2.48. The van der Waals surface area contributed by atoms with Gasteiger partial charge in [-0.2, -0.15) is 0 Å². The van der Waals surface area contributed by atoms with Crippen LogP contribution in [0.5, 0.6) is 0 Å². The summed E-state index contributed by atoms with van der Waals surface area (Å²) < 4.78 is 0. The molecule has 0 spiro atoms. The van der Waals surface area contributed by atoms with Crippen LogP contribution in [0.3, 0.4) is 0 Å². The highest BCUT2D eigenvalue weighted by atomic mass is 16.2. The molecule has 2 aromatic rings. The second kappa shape index (κ2) is 7.77. The van der Waals surface area contributed by atoms with E-state index in [1.165, 1.54) is 6.92 Å². The summed E-state index contributed by atoms with van der Waals surface area (Å²) in [7, 11) is 0. The summed E-state index contributed by atoms with van der Waals surface area (Å²) in [5, 5.41) is 2.72. The van der Waals surface area contributed by atoms with E-state index in [0.29, 0.717) is 13.0 Å². The summed E-state index contributed by atoms with van der Waals surface area (Å²) in [6.07, 6.45) is 0.335. The number of hydrogen-bond donors (Lipinski definition) is 1. The van der Waals surface area contributed by atoms with E-state index in [2.05, 4.69) is 11.4 Å². The van der Waals surface area contributed by atoms with E-state index in [4.69, 9.17) is 0 Å². The molecule has 0 fully saturated rings. The molecule has 2 rings (SSSR count). The Hall–Kier alpha value is -2.62. The minimum atomic E-state index is -0.106. The van der Waals surface area contributed by atoms with Crippen molar-refractivity contribution in [1.82, 2.24) is 0 Å². The molecule has 0 saturated heterocycles. The number of carbonyl (C=O) groups excluding carboxylic acids is 2. The molecule has 2 aromatic carbocycles. The van der Waals surface area contributed by atoms with Gasteiger partial charge in [0.25, 0.3) is 0 Å². The first-order valence-electron chi connectivity index (χ1n) is 8.14. The zero-order valence-electron chi connectivity index (χ0n) is 14.7. The van der Waals surface area contributed by atoms with Crippen molar-refractivity contribution >= 4 is 23.2 Å². The van der Waals surface area contributed by atoms with E-state index < -0.39 is 0 Å². The van der Waals surface area contributed by atoms with Crippen molar-refractivity contribution in [3.63, 3.8) is 0 Å². The Morgan fingerprint density at radius 1 is 1.00 bits per heavy atom. The summed E-state index contributed by atoms with van der Waals surface area (Å²) in [6, 6.07) is 13.6. The number of hydrogen-bond acceptors (Lipinski definition) is 2. The Balaban J connectivity index is 2.13. The van der Waals surface area contributed by atoms with Crippen molar-refractivity contribution in [3.8, 4) is 0 Å². The SMILES string of the molecule is CCN(C(=O)Cc1ccc(NC(C)=O)cc1)c1cc(C)cc(C)c1. The fourth-order valence-electron chi connectivity index (χ4n) is 2.79. The Kier molecular flexibility index (Phi) is 5.74. The lowest BCUT2D eigenvalue weighted by molar-refractivity contribution is -0.118. The third kappa shape index (κ3) is 4.69. The lowest BCUT2D eigenvalue weighted by Gasteiger charge is -2.22. The van der Waals surface area contributed by atoms with Gasteiger partial charge in [-0.05, 0) is 61.7 Å². The number of likely N-dealkylation sites (N-methyl/N-ethyl adjacent to an activating group) is 1. The molecule has 126 valence electrons. The summed E-state index contributed by atoms with van der Waals surface area (Å²) >= 11 is 0. The maximum Gasteiger partial charge on any atom is 0.231 e. The first kappa shape index (κ1) is 17.7. The molecular formula is C20H24N2O2. The monoisotopic (exact) mass is 324 g/mol. The molecular weight excluding hydrogens is 300 g/mol. The van der Waals surface area contributed by atoms with Crippen LogP contribution in [-0.4, -0.2) is 18.4 Å². The number of benzene rings is 2. The van der Waals surface area contributed by atoms with Gasteiger partial charge >= 0.3 is 0 Å². The Morgan fingerprint density at radius 2 is 1.58 bits per heavy atom. The molecule has 0 heterocycles. The van der Waals surface area contributed by atoms with Crippen molar-refractivity contribution in [1.29, 1.82) is 0 Å². The molecule has 0 radical (unpaired) electrons. The molecule has 0 saturated carbocycles. The summed E-state index contributed by atoms with van der Waals surface area (Å²) in [5.74, 6) is -0.0411. The molecule has 0 unspecified atom stereocenters. The lowest BCUT2D eigenvalue weighted by Crippen LogP contribution is -2.32. The second-order valence-corrected chi connectivity index (χ2v) is 6.04. The third-order valence-corrected chi connectivity index (χ3v) is 3.77. The molecule has 4 nitrogen and oxygen atoms in total. The molecule has 0 atom stereocenters. The van der Waals surface area contributed by atoms with Crippen molar-refractivity contribution in [2.75, 3.05) is 16.8 Å². The minimum Gasteiger partial charge on any atom is -0.326 e. The van der Waals surface area contributed by atoms with Crippen LogP contribution < -0.4 is 10.2 Å². The molecule has 24 heavy (non-hydrogen) atoms. The molecule has 1 N–H and O–H groups in total. The van der Waals surface area contributed by atoms with Crippen molar-refractivity contribution < 1.29 is 9.59 Å². The van der Waals surface area contributed by atoms with Gasteiger partial charge in [-0.1, -0.05) is 18.2 Å². The van der Waals surface area contributed by atoms with E-state index in [-0.39, 0.29) is 11.8 Å². The topological polar surface area (TPSA) is 49.4 Å². The summed E-state index contributed by atoms with van der Waals surface area (Å²) in [4.78, 5) is 25.5. The average molecular weight is 324 g/mol. The van der Waals surface area contributed by atoms with Crippen LogP contribution >= 0.6 is 0 Å². The van der Waals surface area contributed by atoms with Gasteiger partial charge in [0.15, 0.2) is 0 Å². The molecule has 0 aliphatic carbocycles. The Morgan fingerprint density at radius 3 is 2.08 bits per heavy atom. The van der Waals surface area contributed by atoms with Crippen molar-refractivity contribution in [3.05, 3.63) is 59.2 Å². The molecule has 0 bridgehead atoms. The number of aryl methyl sites for hydroxylation is 2. The number of carbonyl (C=O) groups is 2. The van der Waals surface area contributed by atoms with Crippen molar-refractivity contribution in [2.24, 2.45) is 0 Å². The van der Waals surface area contributed by atoms with Gasteiger partial charge < -0.3 is 10.2 Å². The molecule has 4 heteroatoms. The normalized spacial score (nSPS) is 10.3. The lowest BCUT2D eigenvalue weighted by atomic mass is 10.1. The minimum absolute atomic E-state index is 0.0646. The Bertz CT molecular complexity index is 716. The van der Waals surface area contributed by atoms with E-state index in [0.717, 1.165) is 28.1 Å². The van der Waals surface area contributed by atoms with Crippen molar-refractivity contribution in [2.45, 2.75) is 34.1 Å². The van der Waals surface area contributed by atoms with E-state index in [1.54, 1.807) is 0 Å². The van der Waals surface area contributed by atoms with E-state index >= 15 is 0 Å². The highest BCUT2D eigenvalue weighted by Crippen LogP contribution is 2.20. The fraction of sp³-hybridized carbons (Fsp3) is 0.300. The highest BCUT2D eigenvalue weighted by molar-refractivity contribution is 5.95. The van der Waals surface area contributed by atoms with E-state index in [9.17, 15) is 9.59 Å². The van der Waals surface area contributed by atoms with Crippen LogP contribution in [0.4, 0.5) is 11.4 Å². The van der Waals surface area contributed by atoms with Gasteiger partial charge in [-0.25, -0.2) is 0 Å². The predicted molar refractivity (Wildman–Crippen MR) is 98.4 cm³/mol. The van der Waals surface area contributed by atoms with Gasteiger partial charge in [0.2, 0.25) is 11.8 Å². The number of amides is 2. The first-order chi connectivity index (χ1) is 11.4. The number of anilines is 2. The maximum absolute atomic E-state index is 12.7. The first-order valence-corrected chi connectivity index (χ1v) is 8.14. The van der Waals surface area contributed by atoms with Crippen LogP contribution in [0, 0.1) is 13.8 Å². The van der Waals surface area contributed by atoms with Gasteiger partial charge in [0.05, 0.1) is 6.42 Å². The van der Waals surface area contributed by atoms with Gasteiger partial charge in [0, 0.05) is 24.8 Å². The number of rotatable bonds is 5. The molecule has 0 aliphatic heterocycles. The predicted octanol–water partition coefficient (Wildman–Crippen LogP) is 3.86. The van der Waals surface area contributed by atoms with Crippen LogP contribution in [0.2, 0.25) is 0 Å². The zero-order valence-corrected chi connectivity index (χ0v) is 14.7. The largest absolute Gasteiger partial charge is 0.326 e. The summed E-state index contributed by atoms with van der Waals surface area (Å²) in [5.41, 5.74) is 4.90. The summed E-state index contributed by atoms with van der Waals surface area (Å²) in [6.45, 7) is 8.16. The maximum atomic E-state index is 12.7.